The first-order valence-electron chi connectivity index (χ1n) is 7.92. The molecule has 1 aromatic heterocycles. The zero-order valence-corrected chi connectivity index (χ0v) is 15.4. The van der Waals surface area contributed by atoms with Gasteiger partial charge in [-0.15, -0.1) is 0 Å². The third-order valence-corrected chi connectivity index (χ3v) is 4.63. The van der Waals surface area contributed by atoms with E-state index in [-0.39, 0.29) is 5.91 Å². The highest BCUT2D eigenvalue weighted by Gasteiger charge is 2.07. The Labute approximate surface area is 155 Å². The molecular formula is C20H18BrN3O. The van der Waals surface area contributed by atoms with Gasteiger partial charge in [0.15, 0.2) is 0 Å². The lowest BCUT2D eigenvalue weighted by atomic mass is 10.2. The molecule has 0 aliphatic heterocycles. The van der Waals surface area contributed by atoms with Crippen molar-refractivity contribution in [2.24, 2.45) is 0 Å². The van der Waals surface area contributed by atoms with E-state index in [1.54, 1.807) is 18.5 Å². The molecule has 0 spiro atoms. The molecule has 0 saturated heterocycles. The Balaban J connectivity index is 1.68. The number of hydrogen-bond acceptors (Lipinski definition) is 3. The van der Waals surface area contributed by atoms with Gasteiger partial charge in [-0.25, -0.2) is 0 Å². The summed E-state index contributed by atoms with van der Waals surface area (Å²) in [5.41, 5.74) is 4.44. The fraction of sp³-hybridized carbons (Fsp3) is 0.100. The molecule has 25 heavy (non-hydrogen) atoms. The summed E-state index contributed by atoms with van der Waals surface area (Å²) in [4.78, 5) is 16.5. The Kier molecular flexibility index (Phi) is 5.46. The molecule has 1 heterocycles. The number of aromatic nitrogens is 1. The third kappa shape index (κ3) is 4.67. The lowest BCUT2D eigenvalue weighted by molar-refractivity contribution is 0.0950. The lowest BCUT2D eigenvalue weighted by Gasteiger charge is -2.10. The molecule has 0 atom stereocenters. The number of halogens is 1. The van der Waals surface area contributed by atoms with Crippen LogP contribution in [0.1, 0.15) is 21.5 Å². The van der Waals surface area contributed by atoms with E-state index in [0.717, 1.165) is 27.0 Å². The molecular weight excluding hydrogens is 378 g/mol. The van der Waals surface area contributed by atoms with E-state index in [1.165, 1.54) is 0 Å². The topological polar surface area (TPSA) is 54.0 Å². The van der Waals surface area contributed by atoms with Crippen LogP contribution >= 0.6 is 15.9 Å². The van der Waals surface area contributed by atoms with Gasteiger partial charge in [-0.05, 0) is 42.3 Å². The Hall–Kier alpha value is -2.66. The fourth-order valence-corrected chi connectivity index (χ4v) is 2.65. The Bertz CT molecular complexity index is 881. The summed E-state index contributed by atoms with van der Waals surface area (Å²) in [6.45, 7) is 2.52. The van der Waals surface area contributed by atoms with Crippen molar-refractivity contribution in [2.75, 3.05) is 5.32 Å². The summed E-state index contributed by atoms with van der Waals surface area (Å²) < 4.78 is 1.06. The van der Waals surface area contributed by atoms with Crippen molar-refractivity contribution in [1.29, 1.82) is 0 Å². The van der Waals surface area contributed by atoms with E-state index < -0.39 is 0 Å². The van der Waals surface area contributed by atoms with Crippen LogP contribution in [0.25, 0.3) is 0 Å². The summed E-state index contributed by atoms with van der Waals surface area (Å²) in [5, 5.41) is 6.19. The van der Waals surface area contributed by atoms with Crippen LogP contribution in [0.2, 0.25) is 0 Å². The number of anilines is 2. The summed E-state index contributed by atoms with van der Waals surface area (Å²) in [7, 11) is 0. The van der Waals surface area contributed by atoms with Gasteiger partial charge in [0, 0.05) is 22.9 Å². The van der Waals surface area contributed by atoms with Crippen LogP contribution in [0.3, 0.4) is 0 Å². The zero-order valence-electron chi connectivity index (χ0n) is 13.8. The minimum absolute atomic E-state index is 0.146. The van der Waals surface area contributed by atoms with Gasteiger partial charge in [0.1, 0.15) is 0 Å². The van der Waals surface area contributed by atoms with Crippen molar-refractivity contribution < 1.29 is 4.79 Å². The van der Waals surface area contributed by atoms with E-state index in [1.807, 2.05) is 55.5 Å². The minimum Gasteiger partial charge on any atom is -0.354 e. The molecule has 2 N–H and O–H groups in total. The Morgan fingerprint density at radius 2 is 1.84 bits per heavy atom. The smallest absolute Gasteiger partial charge is 0.253 e. The van der Waals surface area contributed by atoms with Crippen LogP contribution in [0, 0.1) is 6.92 Å². The van der Waals surface area contributed by atoms with Gasteiger partial charge < -0.3 is 10.6 Å². The summed E-state index contributed by atoms with van der Waals surface area (Å²) in [6.07, 6.45) is 3.27. The van der Waals surface area contributed by atoms with Crippen molar-refractivity contribution in [3.63, 3.8) is 0 Å². The molecule has 0 saturated carbocycles. The van der Waals surface area contributed by atoms with E-state index in [0.29, 0.717) is 12.1 Å². The highest BCUT2D eigenvalue weighted by Crippen LogP contribution is 2.23. The van der Waals surface area contributed by atoms with Gasteiger partial charge in [-0.1, -0.05) is 46.3 Å². The quantitative estimate of drug-likeness (QED) is 0.650. The highest BCUT2D eigenvalue weighted by atomic mass is 79.9. The van der Waals surface area contributed by atoms with Gasteiger partial charge in [-0.2, -0.15) is 0 Å². The van der Waals surface area contributed by atoms with Crippen molar-refractivity contribution in [2.45, 2.75) is 13.5 Å². The number of amides is 1. The van der Waals surface area contributed by atoms with E-state index in [9.17, 15) is 4.79 Å². The number of carbonyl (C=O) groups excluding carboxylic acids is 1. The van der Waals surface area contributed by atoms with E-state index in [4.69, 9.17) is 0 Å². The molecule has 126 valence electrons. The molecule has 0 aliphatic rings. The second kappa shape index (κ2) is 7.94. The highest BCUT2D eigenvalue weighted by molar-refractivity contribution is 9.10. The largest absolute Gasteiger partial charge is 0.354 e. The maximum Gasteiger partial charge on any atom is 0.253 e. The average molecular weight is 396 g/mol. The van der Waals surface area contributed by atoms with Crippen LogP contribution in [-0.2, 0) is 6.54 Å². The second-order valence-corrected chi connectivity index (χ2v) is 6.57. The minimum atomic E-state index is -0.146. The number of aryl methyl sites for hydroxylation is 1. The van der Waals surface area contributed by atoms with Crippen molar-refractivity contribution in [3.8, 4) is 0 Å². The number of carbonyl (C=O) groups is 1. The predicted octanol–water partition coefficient (Wildman–Crippen LogP) is 4.83. The van der Waals surface area contributed by atoms with Gasteiger partial charge in [0.2, 0.25) is 0 Å². The second-order valence-electron chi connectivity index (χ2n) is 5.72. The van der Waals surface area contributed by atoms with Gasteiger partial charge in [-0.3, -0.25) is 9.78 Å². The van der Waals surface area contributed by atoms with E-state index >= 15 is 0 Å². The molecule has 5 heteroatoms. The number of pyridine rings is 1. The number of nitrogens with zero attached hydrogens (tertiary/aromatic N) is 1. The summed E-state index contributed by atoms with van der Waals surface area (Å²) in [5.74, 6) is -0.146. The van der Waals surface area contributed by atoms with Crippen LogP contribution in [0.4, 0.5) is 11.4 Å². The van der Waals surface area contributed by atoms with Crippen LogP contribution < -0.4 is 10.6 Å². The molecule has 4 nitrogen and oxygen atoms in total. The van der Waals surface area contributed by atoms with Crippen LogP contribution in [-0.4, -0.2) is 10.9 Å². The molecule has 1 amide bonds. The first kappa shape index (κ1) is 17.2. The van der Waals surface area contributed by atoms with Gasteiger partial charge in [0.25, 0.3) is 5.91 Å². The molecule has 0 bridgehead atoms. The molecule has 3 rings (SSSR count). The van der Waals surface area contributed by atoms with Crippen LogP contribution in [0.15, 0.2) is 71.5 Å². The van der Waals surface area contributed by atoms with E-state index in [2.05, 4.69) is 31.5 Å². The first-order valence-corrected chi connectivity index (χ1v) is 8.71. The molecule has 3 aromatic rings. The maximum atomic E-state index is 12.3. The molecule has 0 aliphatic carbocycles. The van der Waals surface area contributed by atoms with Crippen molar-refractivity contribution in [3.05, 3.63) is 88.2 Å². The normalized spacial score (nSPS) is 10.3. The zero-order chi connectivity index (χ0) is 17.6. The number of rotatable bonds is 5. The molecule has 0 fully saturated rings. The fourth-order valence-electron chi connectivity index (χ4n) is 2.40. The van der Waals surface area contributed by atoms with Crippen molar-refractivity contribution in [1.82, 2.24) is 10.3 Å². The number of benzene rings is 2. The van der Waals surface area contributed by atoms with Gasteiger partial charge in [0.05, 0.1) is 17.4 Å². The number of hydrogen-bond donors (Lipinski definition) is 2. The lowest BCUT2D eigenvalue weighted by Crippen LogP contribution is -2.22. The average Bonchev–Trinajstić information content (AvgIpc) is 2.64. The number of nitrogens with one attached hydrogen (secondary N) is 2. The standard InChI is InChI=1S/C20H18BrN3O/c1-14-9-17(7-8-19(14)21)24-18-10-16(12-22-13-18)20(25)23-11-15-5-3-2-4-6-15/h2-10,12-13,24H,11H2,1H3,(H,23,25). The molecule has 0 unspecified atom stereocenters. The van der Waals surface area contributed by atoms with Crippen molar-refractivity contribution >= 4 is 33.2 Å². The van der Waals surface area contributed by atoms with Gasteiger partial charge >= 0.3 is 0 Å². The SMILES string of the molecule is Cc1cc(Nc2cncc(C(=O)NCc3ccccc3)c2)ccc1Br. The third-order valence-electron chi connectivity index (χ3n) is 3.74. The first-order chi connectivity index (χ1) is 12.1. The molecule has 2 aromatic carbocycles. The summed E-state index contributed by atoms with van der Waals surface area (Å²) >= 11 is 3.49. The maximum absolute atomic E-state index is 12.3. The van der Waals surface area contributed by atoms with Crippen LogP contribution in [0.5, 0.6) is 0 Å². The summed E-state index contributed by atoms with van der Waals surface area (Å²) in [6, 6.07) is 17.6. The Morgan fingerprint density at radius 1 is 1.04 bits per heavy atom. The Morgan fingerprint density at radius 3 is 2.60 bits per heavy atom. The molecule has 0 radical (unpaired) electrons. The monoisotopic (exact) mass is 395 g/mol. The predicted molar refractivity (Wildman–Crippen MR) is 104 cm³/mol.